The lowest BCUT2D eigenvalue weighted by Gasteiger charge is -2.26. The van der Waals surface area contributed by atoms with E-state index in [9.17, 15) is 4.39 Å². The van der Waals surface area contributed by atoms with E-state index in [1.807, 2.05) is 12.1 Å². The van der Waals surface area contributed by atoms with Gasteiger partial charge in [-0.2, -0.15) is 0 Å². The largest absolute Gasteiger partial charge is 0.497 e. The predicted octanol–water partition coefficient (Wildman–Crippen LogP) is 3.94. The topological polar surface area (TPSA) is 9.23 Å². The van der Waals surface area contributed by atoms with Gasteiger partial charge in [0, 0.05) is 6.07 Å². The molecule has 16 heavy (non-hydrogen) atoms. The first kappa shape index (κ1) is 11.4. The van der Waals surface area contributed by atoms with Crippen molar-refractivity contribution in [3.63, 3.8) is 0 Å². The average molecular weight is 221 g/mol. The third kappa shape index (κ3) is 2.37. The molecule has 0 atom stereocenters. The highest BCUT2D eigenvalue weighted by molar-refractivity contribution is 5.31. The highest BCUT2D eigenvalue weighted by Crippen LogP contribution is 2.37. The quantitative estimate of drug-likeness (QED) is 0.735. The maximum Gasteiger partial charge on any atom is 0.130 e. The van der Waals surface area contributed by atoms with E-state index in [0.717, 1.165) is 31.2 Å². The molecule has 2 heteroatoms. The summed E-state index contributed by atoms with van der Waals surface area (Å²) in [6.45, 7) is 4.06. The van der Waals surface area contributed by atoms with Crippen LogP contribution < -0.4 is 4.74 Å². The van der Waals surface area contributed by atoms with E-state index >= 15 is 0 Å². The molecule has 0 unspecified atom stereocenters. The smallest absolute Gasteiger partial charge is 0.130 e. The first-order valence-corrected chi connectivity index (χ1v) is 5.87. The molecule has 0 spiro atoms. The van der Waals surface area contributed by atoms with E-state index in [0.29, 0.717) is 17.6 Å². The Morgan fingerprint density at radius 3 is 2.50 bits per heavy atom. The molecule has 1 aliphatic carbocycles. The first-order chi connectivity index (χ1) is 7.70. The van der Waals surface area contributed by atoms with Gasteiger partial charge >= 0.3 is 0 Å². The van der Waals surface area contributed by atoms with E-state index in [1.54, 1.807) is 7.11 Å². The fraction of sp³-hybridized carbons (Fsp3) is 0.500. The molecule has 1 fully saturated rings. The molecule has 0 aliphatic heterocycles. The summed E-state index contributed by atoms with van der Waals surface area (Å²) in [5.74, 6) is 1.38. The molecule has 2 rings (SSSR count). The number of ether oxygens (including phenoxy) is 1. The third-order valence-electron chi connectivity index (χ3n) is 3.49. The van der Waals surface area contributed by atoms with Crippen molar-refractivity contribution in [2.45, 2.75) is 31.6 Å². The van der Waals surface area contributed by atoms with Crippen molar-refractivity contribution < 1.29 is 9.13 Å². The maximum atomic E-state index is 13.8. The zero-order chi connectivity index (χ0) is 11.5. The summed E-state index contributed by atoms with van der Waals surface area (Å²) in [4.78, 5) is 0. The van der Waals surface area contributed by atoms with Gasteiger partial charge in [0.25, 0.3) is 0 Å². The van der Waals surface area contributed by atoms with Gasteiger partial charge in [0.05, 0.1) is 7.11 Å². The van der Waals surface area contributed by atoms with Crippen LogP contribution in [-0.4, -0.2) is 7.11 Å². The average Bonchev–Trinajstić information content (AvgIpc) is 2.30. The van der Waals surface area contributed by atoms with Crippen LogP contribution in [0.25, 0.3) is 0 Å². The summed E-state index contributed by atoms with van der Waals surface area (Å²) in [7, 11) is 1.56. The summed E-state index contributed by atoms with van der Waals surface area (Å²) in [6.07, 6.45) is 4.32. The van der Waals surface area contributed by atoms with Crippen LogP contribution in [0.4, 0.5) is 4.39 Å². The number of rotatable bonds is 2. The van der Waals surface area contributed by atoms with Gasteiger partial charge in [0.1, 0.15) is 11.6 Å². The van der Waals surface area contributed by atoms with Crippen LogP contribution in [0.15, 0.2) is 18.2 Å². The van der Waals surface area contributed by atoms with Crippen LogP contribution >= 0.6 is 0 Å². The van der Waals surface area contributed by atoms with Gasteiger partial charge in [-0.1, -0.05) is 13.0 Å². The van der Waals surface area contributed by atoms with Gasteiger partial charge in [0.2, 0.25) is 0 Å². The second kappa shape index (κ2) is 4.86. The van der Waals surface area contributed by atoms with Gasteiger partial charge in [-0.05, 0) is 49.1 Å². The summed E-state index contributed by atoms with van der Waals surface area (Å²) in [6, 6.07) is 5.18. The highest BCUT2D eigenvalue weighted by Gasteiger charge is 2.22. The minimum atomic E-state index is -0.133. The van der Waals surface area contributed by atoms with Gasteiger partial charge in [-0.25, -0.2) is 4.39 Å². The molecular weight excluding hydrogens is 203 g/mol. The Morgan fingerprint density at radius 1 is 1.25 bits per heavy atom. The Balaban J connectivity index is 2.14. The molecule has 1 aromatic rings. The lowest BCUT2D eigenvalue weighted by molar-refractivity contribution is 0.364. The lowest BCUT2D eigenvalue weighted by Crippen LogP contribution is -2.12. The molecular formula is C14H18FO. The number of hydrogen-bond donors (Lipinski definition) is 0. The SMILES string of the molecule is [CH2]C1CCC(c2ccc(OC)cc2F)CC1. The molecule has 87 valence electrons. The summed E-state index contributed by atoms with van der Waals surface area (Å²) < 4.78 is 18.8. The second-order valence-electron chi connectivity index (χ2n) is 4.61. The van der Waals surface area contributed by atoms with Gasteiger partial charge in [-0.3, -0.25) is 0 Å². The summed E-state index contributed by atoms with van der Waals surface area (Å²) in [5.41, 5.74) is 0.840. The standard InChI is InChI=1S/C14H18FO/c1-10-3-5-11(6-4-10)13-8-7-12(16-2)9-14(13)15/h7-11H,1,3-6H2,2H3. The van der Waals surface area contributed by atoms with Crippen LogP contribution in [-0.2, 0) is 0 Å². The van der Waals surface area contributed by atoms with Crippen molar-refractivity contribution in [2.75, 3.05) is 7.11 Å². The molecule has 1 nitrogen and oxygen atoms in total. The minimum Gasteiger partial charge on any atom is -0.497 e. The molecule has 0 aromatic heterocycles. The Labute approximate surface area is 96.6 Å². The van der Waals surface area contributed by atoms with Crippen molar-refractivity contribution in [1.82, 2.24) is 0 Å². The predicted molar refractivity (Wildman–Crippen MR) is 63.0 cm³/mol. The molecule has 1 aliphatic rings. The number of hydrogen-bond acceptors (Lipinski definition) is 1. The Kier molecular flexibility index (Phi) is 3.47. The van der Waals surface area contributed by atoms with E-state index in [2.05, 4.69) is 6.92 Å². The second-order valence-corrected chi connectivity index (χ2v) is 4.61. The Morgan fingerprint density at radius 2 is 1.94 bits per heavy atom. The molecule has 1 saturated carbocycles. The van der Waals surface area contributed by atoms with Crippen LogP contribution in [0, 0.1) is 18.7 Å². The zero-order valence-corrected chi connectivity index (χ0v) is 9.71. The Hall–Kier alpha value is -1.05. The number of methoxy groups -OCH3 is 1. The zero-order valence-electron chi connectivity index (χ0n) is 9.71. The molecule has 0 amide bonds. The van der Waals surface area contributed by atoms with Crippen molar-refractivity contribution in [3.8, 4) is 5.75 Å². The van der Waals surface area contributed by atoms with Gasteiger partial charge < -0.3 is 4.74 Å². The molecule has 1 aromatic carbocycles. The van der Waals surface area contributed by atoms with E-state index in [1.165, 1.54) is 6.07 Å². The van der Waals surface area contributed by atoms with Gasteiger partial charge in [0.15, 0.2) is 0 Å². The van der Waals surface area contributed by atoms with Crippen molar-refractivity contribution >= 4 is 0 Å². The van der Waals surface area contributed by atoms with Crippen molar-refractivity contribution in [1.29, 1.82) is 0 Å². The van der Waals surface area contributed by atoms with Crippen LogP contribution in [0.5, 0.6) is 5.75 Å². The van der Waals surface area contributed by atoms with Crippen LogP contribution in [0.2, 0.25) is 0 Å². The molecule has 0 N–H and O–H groups in total. The van der Waals surface area contributed by atoms with Crippen LogP contribution in [0.3, 0.4) is 0 Å². The minimum absolute atomic E-state index is 0.133. The van der Waals surface area contributed by atoms with Crippen LogP contribution in [0.1, 0.15) is 37.2 Å². The van der Waals surface area contributed by atoms with Gasteiger partial charge in [-0.15, -0.1) is 0 Å². The van der Waals surface area contributed by atoms with Crippen molar-refractivity contribution in [3.05, 3.63) is 36.5 Å². The fourth-order valence-corrected chi connectivity index (χ4v) is 2.44. The first-order valence-electron chi connectivity index (χ1n) is 5.87. The van der Waals surface area contributed by atoms with E-state index < -0.39 is 0 Å². The van der Waals surface area contributed by atoms with E-state index in [-0.39, 0.29) is 5.82 Å². The molecule has 0 bridgehead atoms. The third-order valence-corrected chi connectivity index (χ3v) is 3.49. The summed E-state index contributed by atoms with van der Waals surface area (Å²) in [5, 5.41) is 0. The lowest BCUT2D eigenvalue weighted by atomic mass is 9.79. The number of benzene rings is 1. The molecule has 1 radical (unpaired) electrons. The number of halogens is 1. The maximum absolute atomic E-state index is 13.8. The molecule has 0 saturated heterocycles. The normalized spacial score (nSPS) is 25.4. The fourth-order valence-electron chi connectivity index (χ4n) is 2.44. The summed E-state index contributed by atoms with van der Waals surface area (Å²) >= 11 is 0. The Bertz CT molecular complexity index is 354. The van der Waals surface area contributed by atoms with Crippen molar-refractivity contribution in [2.24, 2.45) is 5.92 Å². The molecule has 0 heterocycles. The monoisotopic (exact) mass is 221 g/mol. The highest BCUT2D eigenvalue weighted by atomic mass is 19.1. The van der Waals surface area contributed by atoms with E-state index in [4.69, 9.17) is 4.74 Å².